The SMILES string of the molecule is Cc1nc(C#Cc2c[c]ccc2)cs1. The smallest absolute Gasteiger partial charge is 0.124 e. The zero-order valence-electron chi connectivity index (χ0n) is 7.74. The second-order valence-corrected chi connectivity index (χ2v) is 3.86. The van der Waals surface area contributed by atoms with Crippen LogP contribution in [0.5, 0.6) is 0 Å². The van der Waals surface area contributed by atoms with E-state index in [9.17, 15) is 0 Å². The summed E-state index contributed by atoms with van der Waals surface area (Å²) in [6.07, 6.45) is 0. The van der Waals surface area contributed by atoms with Gasteiger partial charge in [0.05, 0.1) is 5.01 Å². The molecule has 0 amide bonds. The van der Waals surface area contributed by atoms with E-state index < -0.39 is 0 Å². The summed E-state index contributed by atoms with van der Waals surface area (Å²) in [6.45, 7) is 1.98. The molecule has 0 unspecified atom stereocenters. The monoisotopic (exact) mass is 198 g/mol. The molecule has 0 N–H and O–H groups in total. The Hall–Kier alpha value is -1.59. The van der Waals surface area contributed by atoms with Crippen LogP contribution in [0, 0.1) is 24.8 Å². The molecule has 0 aliphatic rings. The molecule has 1 aromatic heterocycles. The van der Waals surface area contributed by atoms with Gasteiger partial charge in [0, 0.05) is 10.9 Å². The lowest BCUT2D eigenvalue weighted by Gasteiger charge is -1.84. The van der Waals surface area contributed by atoms with Crippen LogP contribution in [0.15, 0.2) is 29.6 Å². The minimum absolute atomic E-state index is 0.844. The van der Waals surface area contributed by atoms with Gasteiger partial charge in [0.25, 0.3) is 0 Å². The molecule has 0 atom stereocenters. The Morgan fingerprint density at radius 2 is 2.36 bits per heavy atom. The van der Waals surface area contributed by atoms with E-state index in [-0.39, 0.29) is 0 Å². The Morgan fingerprint density at radius 1 is 1.43 bits per heavy atom. The van der Waals surface area contributed by atoms with Crippen LogP contribution >= 0.6 is 11.3 Å². The Balaban J connectivity index is 2.23. The fourth-order valence-electron chi connectivity index (χ4n) is 1.03. The van der Waals surface area contributed by atoms with Crippen molar-refractivity contribution >= 4 is 11.3 Å². The van der Waals surface area contributed by atoms with Gasteiger partial charge in [-0.1, -0.05) is 18.1 Å². The molecule has 0 saturated carbocycles. The van der Waals surface area contributed by atoms with Gasteiger partial charge < -0.3 is 0 Å². The van der Waals surface area contributed by atoms with Crippen molar-refractivity contribution in [2.24, 2.45) is 0 Å². The number of benzene rings is 1. The van der Waals surface area contributed by atoms with Crippen molar-refractivity contribution in [2.45, 2.75) is 6.92 Å². The molecule has 2 rings (SSSR count). The molecule has 67 valence electrons. The minimum atomic E-state index is 0.844. The summed E-state index contributed by atoms with van der Waals surface area (Å²) in [5.74, 6) is 6.05. The van der Waals surface area contributed by atoms with Crippen LogP contribution in [0.1, 0.15) is 16.3 Å². The van der Waals surface area contributed by atoms with Gasteiger partial charge in [0.2, 0.25) is 0 Å². The van der Waals surface area contributed by atoms with Gasteiger partial charge in [0.15, 0.2) is 0 Å². The first kappa shape index (κ1) is 8.98. The van der Waals surface area contributed by atoms with Crippen molar-refractivity contribution < 1.29 is 0 Å². The number of nitrogens with zero attached hydrogens (tertiary/aromatic N) is 1. The average Bonchev–Trinajstić information content (AvgIpc) is 2.63. The highest BCUT2D eigenvalue weighted by molar-refractivity contribution is 7.09. The molecule has 2 heteroatoms. The summed E-state index contributed by atoms with van der Waals surface area (Å²) < 4.78 is 0. The molecular weight excluding hydrogens is 190 g/mol. The van der Waals surface area contributed by atoms with Crippen LogP contribution in [0.3, 0.4) is 0 Å². The van der Waals surface area contributed by atoms with E-state index in [0.717, 1.165) is 16.3 Å². The summed E-state index contributed by atoms with van der Waals surface area (Å²) in [4.78, 5) is 4.26. The first-order valence-electron chi connectivity index (χ1n) is 4.25. The summed E-state index contributed by atoms with van der Waals surface area (Å²) in [5.41, 5.74) is 1.81. The molecule has 14 heavy (non-hydrogen) atoms. The Kier molecular flexibility index (Phi) is 2.62. The predicted molar refractivity (Wildman–Crippen MR) is 58.1 cm³/mol. The molecule has 0 aliphatic heterocycles. The lowest BCUT2D eigenvalue weighted by atomic mass is 10.2. The molecule has 1 nitrogen and oxygen atoms in total. The number of rotatable bonds is 0. The molecular formula is C12H8NS. The van der Waals surface area contributed by atoms with Gasteiger partial charge in [-0.3, -0.25) is 0 Å². The number of hydrogen-bond donors (Lipinski definition) is 0. The molecule has 0 fully saturated rings. The topological polar surface area (TPSA) is 12.9 Å². The van der Waals surface area contributed by atoms with Crippen LogP contribution in [0.2, 0.25) is 0 Å². The molecule has 0 bridgehead atoms. The molecule has 1 radical (unpaired) electrons. The maximum atomic E-state index is 4.26. The summed E-state index contributed by atoms with van der Waals surface area (Å²) in [5, 5.41) is 3.02. The Labute approximate surface area is 87.4 Å². The van der Waals surface area contributed by atoms with Crippen molar-refractivity contribution in [2.75, 3.05) is 0 Å². The normalized spacial score (nSPS) is 9.21. The van der Waals surface area contributed by atoms with E-state index in [0.29, 0.717) is 0 Å². The van der Waals surface area contributed by atoms with E-state index in [1.54, 1.807) is 11.3 Å². The maximum Gasteiger partial charge on any atom is 0.124 e. The minimum Gasteiger partial charge on any atom is -0.233 e. The lowest BCUT2D eigenvalue weighted by molar-refractivity contribution is 1.27. The molecule has 0 saturated heterocycles. The van der Waals surface area contributed by atoms with E-state index in [4.69, 9.17) is 0 Å². The van der Waals surface area contributed by atoms with Crippen LogP contribution in [0.4, 0.5) is 0 Å². The molecule has 1 aromatic carbocycles. The highest BCUT2D eigenvalue weighted by Gasteiger charge is 1.91. The molecule has 0 spiro atoms. The lowest BCUT2D eigenvalue weighted by Crippen LogP contribution is -1.75. The van der Waals surface area contributed by atoms with Crippen molar-refractivity contribution in [1.82, 2.24) is 4.98 Å². The van der Waals surface area contributed by atoms with Gasteiger partial charge >= 0.3 is 0 Å². The van der Waals surface area contributed by atoms with Crippen molar-refractivity contribution in [1.29, 1.82) is 0 Å². The summed E-state index contributed by atoms with van der Waals surface area (Å²) in [7, 11) is 0. The Morgan fingerprint density at radius 3 is 3.00 bits per heavy atom. The van der Waals surface area contributed by atoms with Crippen LogP contribution in [-0.4, -0.2) is 4.98 Å². The highest BCUT2D eigenvalue weighted by Crippen LogP contribution is 2.06. The number of hydrogen-bond acceptors (Lipinski definition) is 2. The van der Waals surface area contributed by atoms with Gasteiger partial charge in [-0.05, 0) is 31.0 Å². The van der Waals surface area contributed by atoms with Crippen LogP contribution < -0.4 is 0 Å². The fourth-order valence-corrected chi connectivity index (χ4v) is 1.57. The summed E-state index contributed by atoms with van der Waals surface area (Å²) >= 11 is 1.62. The zero-order valence-corrected chi connectivity index (χ0v) is 8.56. The number of thiazole rings is 1. The van der Waals surface area contributed by atoms with Gasteiger partial charge in [-0.15, -0.1) is 11.3 Å². The van der Waals surface area contributed by atoms with Crippen molar-refractivity contribution in [3.63, 3.8) is 0 Å². The number of aryl methyl sites for hydroxylation is 1. The molecule has 2 aromatic rings. The third-order valence-corrected chi connectivity index (χ3v) is 2.43. The second kappa shape index (κ2) is 4.08. The third-order valence-electron chi connectivity index (χ3n) is 1.66. The van der Waals surface area contributed by atoms with Gasteiger partial charge in [0.1, 0.15) is 5.69 Å². The summed E-state index contributed by atoms with van der Waals surface area (Å²) in [6, 6.07) is 10.6. The van der Waals surface area contributed by atoms with E-state index >= 15 is 0 Å². The maximum absolute atomic E-state index is 4.26. The zero-order chi connectivity index (χ0) is 9.80. The first-order chi connectivity index (χ1) is 6.84. The van der Waals surface area contributed by atoms with Crippen molar-refractivity contribution in [3.05, 3.63) is 52.0 Å². The fraction of sp³-hybridized carbons (Fsp3) is 0.0833. The predicted octanol–water partition coefficient (Wildman–Crippen LogP) is 2.65. The van der Waals surface area contributed by atoms with E-state index in [1.165, 1.54) is 0 Å². The van der Waals surface area contributed by atoms with Crippen LogP contribution in [-0.2, 0) is 0 Å². The second-order valence-electron chi connectivity index (χ2n) is 2.79. The van der Waals surface area contributed by atoms with Gasteiger partial charge in [-0.2, -0.15) is 0 Å². The third kappa shape index (κ3) is 2.21. The average molecular weight is 198 g/mol. The Bertz CT molecular complexity index is 474. The number of aromatic nitrogens is 1. The van der Waals surface area contributed by atoms with Crippen molar-refractivity contribution in [3.8, 4) is 11.8 Å². The first-order valence-corrected chi connectivity index (χ1v) is 5.13. The van der Waals surface area contributed by atoms with E-state index in [1.807, 2.05) is 36.6 Å². The molecule has 0 aliphatic carbocycles. The quantitative estimate of drug-likeness (QED) is 0.593. The molecule has 1 heterocycles. The van der Waals surface area contributed by atoms with Crippen LogP contribution in [0.25, 0.3) is 0 Å². The highest BCUT2D eigenvalue weighted by atomic mass is 32.1. The van der Waals surface area contributed by atoms with Gasteiger partial charge in [-0.25, -0.2) is 4.98 Å². The largest absolute Gasteiger partial charge is 0.233 e. The van der Waals surface area contributed by atoms with E-state index in [2.05, 4.69) is 22.9 Å². The standard InChI is InChI=1S/C12H8NS/c1-10-13-12(9-14-10)8-7-11-5-3-2-4-6-11/h2-3,5-6,9H,1H3.